The van der Waals surface area contributed by atoms with Gasteiger partial charge in [-0.15, -0.1) is 0 Å². The maximum atomic E-state index is 12.8. The van der Waals surface area contributed by atoms with E-state index in [-0.39, 0.29) is 10.8 Å². The van der Waals surface area contributed by atoms with Gasteiger partial charge in [-0.1, -0.05) is 19.9 Å². The largest absolute Gasteiger partial charge is 0.351 e. The van der Waals surface area contributed by atoms with Gasteiger partial charge in [-0.05, 0) is 24.6 Å². The molecule has 2 rings (SSSR count). The van der Waals surface area contributed by atoms with Crippen molar-refractivity contribution < 1.29 is 13.2 Å². The first kappa shape index (κ1) is 20.8. The van der Waals surface area contributed by atoms with Crippen LogP contribution in [0, 0.1) is 6.92 Å². The lowest BCUT2D eigenvalue weighted by atomic mass is 10.1. The van der Waals surface area contributed by atoms with Crippen molar-refractivity contribution in [2.75, 3.05) is 52.4 Å². The molecule has 26 heavy (non-hydrogen) atoms. The van der Waals surface area contributed by atoms with Gasteiger partial charge in [0, 0.05) is 57.9 Å². The standard InChI is InChI=1S/C18H30N4O3S/c1-4-22(5-2)26(24,25)17-14-16(7-6-15(17)3)18(23)20-10-13-21-11-8-19-9-12-21/h6-7,14,19H,4-5,8-13H2,1-3H3,(H,20,23). The molecule has 1 saturated heterocycles. The molecule has 0 unspecified atom stereocenters. The van der Waals surface area contributed by atoms with E-state index in [0.717, 1.165) is 32.7 Å². The molecule has 0 aromatic heterocycles. The first-order valence-electron chi connectivity index (χ1n) is 9.22. The van der Waals surface area contributed by atoms with E-state index in [2.05, 4.69) is 15.5 Å². The number of amides is 1. The zero-order valence-corrected chi connectivity index (χ0v) is 16.7. The molecule has 0 radical (unpaired) electrons. The molecule has 1 amide bonds. The van der Waals surface area contributed by atoms with Crippen molar-refractivity contribution >= 4 is 15.9 Å². The fourth-order valence-electron chi connectivity index (χ4n) is 3.09. The molecule has 146 valence electrons. The van der Waals surface area contributed by atoms with Crippen LogP contribution in [-0.2, 0) is 10.0 Å². The lowest BCUT2D eigenvalue weighted by Crippen LogP contribution is -2.46. The fraction of sp³-hybridized carbons (Fsp3) is 0.611. The van der Waals surface area contributed by atoms with Crippen LogP contribution < -0.4 is 10.6 Å². The maximum Gasteiger partial charge on any atom is 0.251 e. The van der Waals surface area contributed by atoms with Crippen molar-refractivity contribution in [1.82, 2.24) is 19.8 Å². The van der Waals surface area contributed by atoms with Crippen LogP contribution in [0.1, 0.15) is 29.8 Å². The van der Waals surface area contributed by atoms with Gasteiger partial charge in [0.1, 0.15) is 0 Å². The average Bonchev–Trinajstić information content (AvgIpc) is 2.63. The minimum Gasteiger partial charge on any atom is -0.351 e. The summed E-state index contributed by atoms with van der Waals surface area (Å²) in [5.74, 6) is -0.240. The third-order valence-electron chi connectivity index (χ3n) is 4.70. The van der Waals surface area contributed by atoms with E-state index in [1.165, 1.54) is 10.4 Å². The number of benzene rings is 1. The maximum absolute atomic E-state index is 12.8. The Labute approximate surface area is 156 Å². The summed E-state index contributed by atoms with van der Waals surface area (Å²) in [5, 5.41) is 6.19. The molecule has 7 nitrogen and oxygen atoms in total. The smallest absolute Gasteiger partial charge is 0.251 e. The summed E-state index contributed by atoms with van der Waals surface area (Å²) >= 11 is 0. The fourth-order valence-corrected chi connectivity index (χ4v) is 4.80. The summed E-state index contributed by atoms with van der Waals surface area (Å²) in [6.07, 6.45) is 0. The van der Waals surface area contributed by atoms with Gasteiger partial charge in [0.05, 0.1) is 4.90 Å². The third kappa shape index (κ3) is 5.03. The SMILES string of the molecule is CCN(CC)S(=O)(=O)c1cc(C(=O)NCCN2CCNCC2)ccc1C. The number of carbonyl (C=O) groups is 1. The van der Waals surface area contributed by atoms with Crippen LogP contribution in [0.15, 0.2) is 23.1 Å². The van der Waals surface area contributed by atoms with Gasteiger partial charge in [0.15, 0.2) is 0 Å². The van der Waals surface area contributed by atoms with Crippen LogP contribution in [0.25, 0.3) is 0 Å². The van der Waals surface area contributed by atoms with E-state index in [1.807, 2.05) is 13.8 Å². The van der Waals surface area contributed by atoms with Crippen LogP contribution in [0.4, 0.5) is 0 Å². The molecule has 0 atom stereocenters. The van der Waals surface area contributed by atoms with E-state index >= 15 is 0 Å². The molecule has 1 fully saturated rings. The van der Waals surface area contributed by atoms with E-state index in [4.69, 9.17) is 0 Å². The Hall–Kier alpha value is -1.48. The Kier molecular flexibility index (Phi) is 7.57. The Balaban J connectivity index is 2.06. The first-order valence-corrected chi connectivity index (χ1v) is 10.7. The molecule has 2 N–H and O–H groups in total. The quantitative estimate of drug-likeness (QED) is 0.690. The van der Waals surface area contributed by atoms with Crippen molar-refractivity contribution in [3.05, 3.63) is 29.3 Å². The zero-order chi connectivity index (χ0) is 19.2. The number of nitrogens with zero attached hydrogens (tertiary/aromatic N) is 2. The molecule has 1 aliphatic heterocycles. The summed E-state index contributed by atoms with van der Waals surface area (Å²) in [6.45, 7) is 11.4. The van der Waals surface area contributed by atoms with Crippen LogP contribution in [0.5, 0.6) is 0 Å². The number of carbonyl (C=O) groups excluding carboxylic acids is 1. The Morgan fingerprint density at radius 2 is 1.88 bits per heavy atom. The number of hydrogen-bond donors (Lipinski definition) is 2. The summed E-state index contributed by atoms with van der Waals surface area (Å²) in [6, 6.07) is 4.86. The molecule has 0 spiro atoms. The second kappa shape index (κ2) is 9.45. The molecule has 0 saturated carbocycles. The number of sulfonamides is 1. The van der Waals surface area contributed by atoms with Crippen LogP contribution in [-0.4, -0.2) is 75.9 Å². The van der Waals surface area contributed by atoms with Crippen LogP contribution in [0.2, 0.25) is 0 Å². The number of piperazine rings is 1. The van der Waals surface area contributed by atoms with Crippen LogP contribution >= 0.6 is 0 Å². The highest BCUT2D eigenvalue weighted by atomic mass is 32.2. The number of rotatable bonds is 8. The molecule has 1 aliphatic rings. The highest BCUT2D eigenvalue weighted by Crippen LogP contribution is 2.21. The van der Waals surface area contributed by atoms with Crippen molar-refractivity contribution in [1.29, 1.82) is 0 Å². The lowest BCUT2D eigenvalue weighted by molar-refractivity contribution is 0.0947. The van der Waals surface area contributed by atoms with Gasteiger partial charge in [0.2, 0.25) is 10.0 Å². The highest BCUT2D eigenvalue weighted by Gasteiger charge is 2.24. The van der Waals surface area contributed by atoms with Gasteiger partial charge in [-0.2, -0.15) is 4.31 Å². The van der Waals surface area contributed by atoms with Gasteiger partial charge in [0.25, 0.3) is 5.91 Å². The molecule has 0 aliphatic carbocycles. The second-order valence-corrected chi connectivity index (χ2v) is 8.32. The van der Waals surface area contributed by atoms with E-state index in [1.54, 1.807) is 19.1 Å². The number of aryl methyl sites for hydroxylation is 1. The second-order valence-electron chi connectivity index (χ2n) is 6.42. The average molecular weight is 383 g/mol. The highest BCUT2D eigenvalue weighted by molar-refractivity contribution is 7.89. The summed E-state index contributed by atoms with van der Waals surface area (Å²) in [7, 11) is -3.59. The normalized spacial score (nSPS) is 16.0. The molecule has 8 heteroatoms. The first-order chi connectivity index (χ1) is 12.4. The number of hydrogen-bond acceptors (Lipinski definition) is 5. The number of nitrogens with one attached hydrogen (secondary N) is 2. The molecule has 1 aromatic carbocycles. The van der Waals surface area contributed by atoms with Crippen molar-refractivity contribution in [2.24, 2.45) is 0 Å². The van der Waals surface area contributed by atoms with Crippen molar-refractivity contribution in [3.63, 3.8) is 0 Å². The minimum absolute atomic E-state index is 0.205. The lowest BCUT2D eigenvalue weighted by Gasteiger charge is -2.27. The molecule has 0 bridgehead atoms. The van der Waals surface area contributed by atoms with Crippen molar-refractivity contribution in [3.8, 4) is 0 Å². The Morgan fingerprint density at radius 3 is 2.50 bits per heavy atom. The summed E-state index contributed by atoms with van der Waals surface area (Å²) in [5.41, 5.74) is 1.02. The minimum atomic E-state index is -3.59. The topological polar surface area (TPSA) is 81.8 Å². The van der Waals surface area contributed by atoms with Gasteiger partial charge < -0.3 is 10.6 Å². The Bertz CT molecular complexity index is 711. The predicted octanol–water partition coefficient (Wildman–Crippen LogP) is 0.661. The van der Waals surface area contributed by atoms with Gasteiger partial charge in [-0.3, -0.25) is 9.69 Å². The molecule has 1 aromatic rings. The summed E-state index contributed by atoms with van der Waals surface area (Å²) < 4.78 is 27.0. The van der Waals surface area contributed by atoms with E-state index < -0.39 is 10.0 Å². The van der Waals surface area contributed by atoms with Gasteiger partial charge in [-0.25, -0.2) is 8.42 Å². The molecular formula is C18H30N4O3S. The van der Waals surface area contributed by atoms with Crippen LogP contribution in [0.3, 0.4) is 0 Å². The third-order valence-corrected chi connectivity index (χ3v) is 6.89. The van der Waals surface area contributed by atoms with E-state index in [0.29, 0.717) is 30.8 Å². The predicted molar refractivity (Wildman–Crippen MR) is 103 cm³/mol. The summed E-state index contributed by atoms with van der Waals surface area (Å²) in [4.78, 5) is 14.9. The molecular weight excluding hydrogens is 352 g/mol. The zero-order valence-electron chi connectivity index (χ0n) is 15.9. The van der Waals surface area contributed by atoms with Gasteiger partial charge >= 0.3 is 0 Å². The van der Waals surface area contributed by atoms with Crippen molar-refractivity contribution in [2.45, 2.75) is 25.7 Å². The molecule has 1 heterocycles. The van der Waals surface area contributed by atoms with E-state index in [9.17, 15) is 13.2 Å². The monoisotopic (exact) mass is 382 g/mol. The Morgan fingerprint density at radius 1 is 1.23 bits per heavy atom.